The number of ether oxygens (including phenoxy) is 2. The topological polar surface area (TPSA) is 92.7 Å². The minimum absolute atomic E-state index is 0. The highest BCUT2D eigenvalue weighted by Gasteiger charge is 2.49. The number of pyridine rings is 1. The lowest BCUT2D eigenvalue weighted by atomic mass is 9.90. The quantitative estimate of drug-likeness (QED) is 0.247. The molecular weight excluding hydrogens is 647 g/mol. The number of benzene rings is 2. The number of nitrogens with one attached hydrogen (secondary N) is 1. The summed E-state index contributed by atoms with van der Waals surface area (Å²) in [6.07, 6.45) is 0.203. The summed E-state index contributed by atoms with van der Waals surface area (Å²) in [5, 5.41) is 3.53. The number of nitrogens with zero attached hydrogens (tertiary/aromatic N) is 5. The van der Waals surface area contributed by atoms with Gasteiger partial charge >= 0.3 is 12.1 Å². The zero-order chi connectivity index (χ0) is 34.1. The fourth-order valence-electron chi connectivity index (χ4n) is 8.37. The van der Waals surface area contributed by atoms with Crippen LogP contribution in [0, 0.1) is 17.5 Å². The van der Waals surface area contributed by atoms with Crippen molar-refractivity contribution in [1.82, 2.24) is 25.2 Å². The first-order valence-electron chi connectivity index (χ1n) is 16.6. The van der Waals surface area contributed by atoms with Crippen molar-refractivity contribution >= 4 is 33.6 Å². The molecule has 0 unspecified atom stereocenters. The van der Waals surface area contributed by atoms with Gasteiger partial charge in [-0.15, -0.1) is 0 Å². The van der Waals surface area contributed by atoms with Crippen molar-refractivity contribution in [3.05, 3.63) is 53.5 Å². The summed E-state index contributed by atoms with van der Waals surface area (Å²) in [5.74, 6) is -2.85. The number of hydrogen-bond donors (Lipinski definition) is 1. The van der Waals surface area contributed by atoms with Gasteiger partial charge < -0.3 is 19.7 Å². The molecule has 2 aromatic carbocycles. The summed E-state index contributed by atoms with van der Waals surface area (Å²) >= 11 is 0. The molecule has 0 radical (unpaired) electrons. The number of halogens is 5. The fourth-order valence-corrected chi connectivity index (χ4v) is 8.37. The van der Waals surface area contributed by atoms with Gasteiger partial charge in [-0.2, -0.15) is 9.97 Å². The molecule has 14 heteroatoms. The van der Waals surface area contributed by atoms with Gasteiger partial charge in [-0.25, -0.2) is 26.7 Å². The van der Waals surface area contributed by atoms with Crippen molar-refractivity contribution in [2.75, 3.05) is 44.3 Å². The van der Waals surface area contributed by atoms with Crippen molar-refractivity contribution in [3.63, 3.8) is 0 Å². The van der Waals surface area contributed by atoms with Gasteiger partial charge in [0.1, 0.15) is 36.0 Å². The van der Waals surface area contributed by atoms with Crippen molar-refractivity contribution < 1.29 is 37.6 Å². The van der Waals surface area contributed by atoms with E-state index in [0.717, 1.165) is 25.5 Å². The van der Waals surface area contributed by atoms with Gasteiger partial charge in [0.2, 0.25) is 0 Å². The lowest BCUT2D eigenvalue weighted by Crippen LogP contribution is -2.60. The molecule has 1 amide bonds. The number of alkyl halides is 2. The highest BCUT2D eigenvalue weighted by Crippen LogP contribution is 2.42. The molecule has 3 fully saturated rings. The molecule has 260 valence electrons. The molecule has 4 aromatic rings. The third-order valence-electron chi connectivity index (χ3n) is 10.4. The van der Waals surface area contributed by atoms with Gasteiger partial charge in [0, 0.05) is 39.1 Å². The average Bonchev–Trinajstić information content (AvgIpc) is 3.58. The van der Waals surface area contributed by atoms with Crippen LogP contribution in [-0.4, -0.2) is 88.8 Å². The van der Waals surface area contributed by atoms with E-state index >= 15 is 13.2 Å². The van der Waals surface area contributed by atoms with Gasteiger partial charge in [0.15, 0.2) is 17.5 Å². The van der Waals surface area contributed by atoms with E-state index in [9.17, 15) is 13.6 Å². The molecule has 3 saturated heterocycles. The number of alkyl carbamates (subject to hydrolysis) is 1. The van der Waals surface area contributed by atoms with E-state index in [1.807, 2.05) is 0 Å². The first-order valence-corrected chi connectivity index (χ1v) is 16.6. The Morgan fingerprint density at radius 2 is 1.94 bits per heavy atom. The molecular formula is C35H37F5N6O3. The van der Waals surface area contributed by atoms with E-state index in [0.29, 0.717) is 18.4 Å². The average molecular weight is 685 g/mol. The number of carbonyl (C=O) groups is 1. The van der Waals surface area contributed by atoms with Crippen LogP contribution in [0.1, 0.15) is 46.0 Å². The number of fused-ring (bicyclic) bond motifs is 7. The summed E-state index contributed by atoms with van der Waals surface area (Å²) in [6.45, 7) is 2.66. The predicted octanol–water partition coefficient (Wildman–Crippen LogP) is 6.44. The minimum Gasteiger partial charge on any atom is -0.461 e. The fraction of sp³-hybridized carbons (Fsp3) is 0.486. The Kier molecular flexibility index (Phi) is 7.76. The Morgan fingerprint density at radius 3 is 2.80 bits per heavy atom. The Hall–Kier alpha value is -4.33. The maximum Gasteiger partial charge on any atom is 0.407 e. The first kappa shape index (κ1) is 31.9. The second-order valence-electron chi connectivity index (χ2n) is 14.0. The van der Waals surface area contributed by atoms with Crippen LogP contribution in [-0.2, 0) is 11.2 Å². The second kappa shape index (κ2) is 11.9. The van der Waals surface area contributed by atoms with Crippen LogP contribution in [0.15, 0.2) is 30.5 Å². The van der Waals surface area contributed by atoms with Crippen LogP contribution in [0.5, 0.6) is 6.01 Å². The molecule has 2 aromatic heterocycles. The largest absolute Gasteiger partial charge is 0.461 e. The molecule has 4 atom stereocenters. The standard InChI is InChI=1S/C35H35F5N6O3.H2/c1-34-12-20(36)15-45(17-34)31-24-14-41-29(28(40)30(24)42-32(43-31)49-18-35-8-4-9-46(35)16-21(37)13-35)23-6-2-5-19-11-25(38)27(39)22(26(19)23)7-3-10-48-33(47)44-34;/h2,5-6,11,14,20-21H,3-4,7-10,12-13,15-18H2,1H3,(H,44,47);1H/t20-,21-,34-,35+;/m1./s1. The van der Waals surface area contributed by atoms with Gasteiger partial charge in [-0.05, 0) is 61.6 Å². The summed E-state index contributed by atoms with van der Waals surface area (Å²) in [4.78, 5) is 30.2. The second-order valence-corrected chi connectivity index (χ2v) is 14.0. The normalized spacial score (nSPS) is 27.4. The maximum absolute atomic E-state index is 16.9. The monoisotopic (exact) mass is 684 g/mol. The lowest BCUT2D eigenvalue weighted by Gasteiger charge is -2.42. The number of amides is 1. The van der Waals surface area contributed by atoms with Crippen LogP contribution >= 0.6 is 0 Å². The molecule has 5 aliphatic heterocycles. The molecule has 0 aliphatic carbocycles. The molecule has 7 heterocycles. The highest BCUT2D eigenvalue weighted by atomic mass is 19.2. The number of piperidine rings is 1. The molecule has 9 rings (SSSR count). The third kappa shape index (κ3) is 5.57. The summed E-state index contributed by atoms with van der Waals surface area (Å²) in [6, 6.07) is 5.64. The van der Waals surface area contributed by atoms with Crippen molar-refractivity contribution in [1.29, 1.82) is 0 Å². The van der Waals surface area contributed by atoms with E-state index in [1.165, 1.54) is 6.20 Å². The molecule has 6 bridgehead atoms. The molecule has 9 nitrogen and oxygen atoms in total. The Bertz CT molecular complexity index is 1990. The van der Waals surface area contributed by atoms with E-state index < -0.39 is 47.0 Å². The van der Waals surface area contributed by atoms with Gasteiger partial charge in [0.25, 0.3) is 0 Å². The summed E-state index contributed by atoms with van der Waals surface area (Å²) in [5.41, 5.74) is -1.77. The number of hydrogen-bond acceptors (Lipinski definition) is 8. The Balaban J connectivity index is 0.00000392. The summed E-state index contributed by atoms with van der Waals surface area (Å²) < 4.78 is 88.7. The van der Waals surface area contributed by atoms with E-state index in [-0.39, 0.29) is 91.9 Å². The molecule has 0 saturated carbocycles. The zero-order valence-corrected chi connectivity index (χ0v) is 26.9. The van der Waals surface area contributed by atoms with Crippen molar-refractivity contribution in [2.24, 2.45) is 0 Å². The number of carbonyl (C=O) groups excluding carboxylic acids is 1. The van der Waals surface area contributed by atoms with Crippen LogP contribution < -0.4 is 15.0 Å². The molecule has 0 spiro atoms. The molecule has 49 heavy (non-hydrogen) atoms. The van der Waals surface area contributed by atoms with E-state index in [4.69, 9.17) is 9.47 Å². The van der Waals surface area contributed by atoms with Crippen LogP contribution in [0.2, 0.25) is 0 Å². The molecule has 5 aliphatic rings. The number of aromatic nitrogens is 3. The smallest absolute Gasteiger partial charge is 0.407 e. The van der Waals surface area contributed by atoms with Crippen LogP contribution in [0.3, 0.4) is 0 Å². The van der Waals surface area contributed by atoms with Gasteiger partial charge in [-0.1, -0.05) is 18.2 Å². The Labute approximate surface area is 280 Å². The zero-order valence-electron chi connectivity index (χ0n) is 26.9. The number of rotatable bonds is 3. The number of aryl methyl sites for hydroxylation is 1. The number of anilines is 1. The van der Waals surface area contributed by atoms with E-state index in [1.54, 1.807) is 30.0 Å². The highest BCUT2D eigenvalue weighted by molar-refractivity contribution is 6.01. The van der Waals surface area contributed by atoms with E-state index in [2.05, 4.69) is 25.2 Å². The van der Waals surface area contributed by atoms with Crippen LogP contribution in [0.25, 0.3) is 32.9 Å². The summed E-state index contributed by atoms with van der Waals surface area (Å²) in [7, 11) is 0. The maximum atomic E-state index is 16.9. The first-order chi connectivity index (χ1) is 23.5. The van der Waals surface area contributed by atoms with Crippen molar-refractivity contribution in [2.45, 2.75) is 68.9 Å². The van der Waals surface area contributed by atoms with Crippen LogP contribution in [0.4, 0.5) is 32.6 Å². The van der Waals surface area contributed by atoms with Gasteiger partial charge in [-0.3, -0.25) is 9.88 Å². The SMILES string of the molecule is C[C@@]12C[C@@H](F)CN(C1)c1nc(OC[C@@]34CCCN3C[C@H](F)C4)nc3c(F)c(ncc13)-c1cccc3cc(F)c(F)c(c13)CCCOC(=O)N2.[HH]. The van der Waals surface area contributed by atoms with Gasteiger partial charge in [0.05, 0.1) is 29.6 Å². The Morgan fingerprint density at radius 1 is 1.10 bits per heavy atom. The molecule has 1 N–H and O–H groups in total. The predicted molar refractivity (Wildman–Crippen MR) is 174 cm³/mol. The van der Waals surface area contributed by atoms with Crippen molar-refractivity contribution in [3.8, 4) is 17.3 Å². The minimum atomic E-state index is -1.40. The lowest BCUT2D eigenvalue weighted by molar-refractivity contribution is 0.107. The third-order valence-corrected chi connectivity index (χ3v) is 10.4.